The number of nitrogens with one attached hydrogen (secondary N) is 1. The van der Waals surface area contributed by atoms with Crippen LogP contribution < -0.4 is 15.8 Å². The Bertz CT molecular complexity index is 978. The van der Waals surface area contributed by atoms with Crippen LogP contribution in [0.25, 0.3) is 4.96 Å². The van der Waals surface area contributed by atoms with Crippen LogP contribution >= 0.6 is 23.1 Å². The maximum Gasteiger partial charge on any atom is 0.272 e. The van der Waals surface area contributed by atoms with Crippen molar-refractivity contribution in [2.45, 2.75) is 11.9 Å². The second kappa shape index (κ2) is 7.28. The standard InChI is InChI=1S/C17H18N4O2S2/c1-4-24-15-13(16(23)21-8-9-25-17(21)19-15)14(22)18-11-6-5-7-12(10-11)20(2)3/h5-10H,4H2,1-3H3,(H,18,22). The zero-order valence-corrected chi connectivity index (χ0v) is 15.8. The van der Waals surface area contributed by atoms with Crippen LogP contribution in [-0.2, 0) is 0 Å². The average molecular weight is 374 g/mol. The van der Waals surface area contributed by atoms with Gasteiger partial charge in [0.15, 0.2) is 4.96 Å². The van der Waals surface area contributed by atoms with Gasteiger partial charge in [-0.05, 0) is 24.0 Å². The van der Waals surface area contributed by atoms with Crippen LogP contribution in [0.4, 0.5) is 11.4 Å². The van der Waals surface area contributed by atoms with E-state index in [-0.39, 0.29) is 11.1 Å². The van der Waals surface area contributed by atoms with Gasteiger partial charge in [-0.2, -0.15) is 0 Å². The number of rotatable bonds is 5. The van der Waals surface area contributed by atoms with E-state index in [1.165, 1.54) is 27.5 Å². The van der Waals surface area contributed by atoms with E-state index in [9.17, 15) is 9.59 Å². The third-order valence-electron chi connectivity index (χ3n) is 3.56. The molecule has 0 saturated heterocycles. The molecule has 0 radical (unpaired) electrons. The van der Waals surface area contributed by atoms with E-state index >= 15 is 0 Å². The highest BCUT2D eigenvalue weighted by molar-refractivity contribution is 7.99. The molecule has 1 aromatic carbocycles. The summed E-state index contributed by atoms with van der Waals surface area (Å²) in [7, 11) is 3.86. The fourth-order valence-corrected chi connectivity index (χ4v) is 3.87. The summed E-state index contributed by atoms with van der Waals surface area (Å²) in [5.41, 5.74) is 1.34. The van der Waals surface area contributed by atoms with Crippen molar-refractivity contribution in [3.63, 3.8) is 0 Å². The smallest absolute Gasteiger partial charge is 0.272 e. The van der Waals surface area contributed by atoms with Crippen molar-refractivity contribution in [2.75, 3.05) is 30.1 Å². The second-order valence-corrected chi connectivity index (χ2v) is 7.61. The lowest BCUT2D eigenvalue weighted by molar-refractivity contribution is 0.102. The van der Waals surface area contributed by atoms with Gasteiger partial charge in [-0.15, -0.1) is 23.1 Å². The molecule has 130 valence electrons. The van der Waals surface area contributed by atoms with Crippen LogP contribution in [0.1, 0.15) is 17.3 Å². The Labute approximate surface area is 153 Å². The first-order chi connectivity index (χ1) is 12.0. The maximum atomic E-state index is 12.8. The van der Waals surface area contributed by atoms with Crippen molar-refractivity contribution in [1.82, 2.24) is 9.38 Å². The van der Waals surface area contributed by atoms with Crippen molar-refractivity contribution in [1.29, 1.82) is 0 Å². The van der Waals surface area contributed by atoms with Gasteiger partial charge < -0.3 is 10.2 Å². The van der Waals surface area contributed by atoms with Gasteiger partial charge in [0, 0.05) is 37.0 Å². The molecule has 0 aliphatic heterocycles. The SMILES string of the molecule is CCSc1nc2sccn2c(=O)c1C(=O)Nc1cccc(N(C)C)c1. The van der Waals surface area contributed by atoms with E-state index in [2.05, 4.69) is 10.3 Å². The van der Waals surface area contributed by atoms with Gasteiger partial charge in [0.05, 0.1) is 0 Å². The molecule has 2 aromatic heterocycles. The highest BCUT2D eigenvalue weighted by Gasteiger charge is 2.21. The quantitative estimate of drug-likeness (QED) is 0.549. The van der Waals surface area contributed by atoms with Crippen LogP contribution in [0.5, 0.6) is 0 Å². The lowest BCUT2D eigenvalue weighted by atomic mass is 10.2. The number of carbonyl (C=O) groups is 1. The Morgan fingerprint density at radius 2 is 2.20 bits per heavy atom. The van der Waals surface area contributed by atoms with Gasteiger partial charge in [-0.25, -0.2) is 4.98 Å². The summed E-state index contributed by atoms with van der Waals surface area (Å²) >= 11 is 2.77. The highest BCUT2D eigenvalue weighted by atomic mass is 32.2. The molecule has 3 aromatic rings. The summed E-state index contributed by atoms with van der Waals surface area (Å²) in [4.78, 5) is 32.5. The molecule has 8 heteroatoms. The topological polar surface area (TPSA) is 66.7 Å². The van der Waals surface area contributed by atoms with E-state index in [0.29, 0.717) is 15.7 Å². The average Bonchev–Trinajstić information content (AvgIpc) is 3.04. The first kappa shape index (κ1) is 17.5. The van der Waals surface area contributed by atoms with Crippen molar-refractivity contribution >= 4 is 45.3 Å². The predicted molar refractivity (Wildman–Crippen MR) is 104 cm³/mol. The molecule has 0 unspecified atom stereocenters. The Morgan fingerprint density at radius 1 is 1.40 bits per heavy atom. The van der Waals surface area contributed by atoms with Crippen LogP contribution in [0.3, 0.4) is 0 Å². The first-order valence-corrected chi connectivity index (χ1v) is 9.59. The fraction of sp³-hybridized carbons (Fsp3) is 0.235. The lowest BCUT2D eigenvalue weighted by Crippen LogP contribution is -2.27. The molecule has 0 atom stereocenters. The summed E-state index contributed by atoms with van der Waals surface area (Å²) < 4.78 is 1.41. The van der Waals surface area contributed by atoms with Gasteiger partial charge in [0.25, 0.3) is 11.5 Å². The number of aromatic nitrogens is 2. The van der Waals surface area contributed by atoms with Gasteiger partial charge in [-0.3, -0.25) is 14.0 Å². The van der Waals surface area contributed by atoms with E-state index in [4.69, 9.17) is 0 Å². The van der Waals surface area contributed by atoms with Crippen molar-refractivity contribution in [3.05, 3.63) is 51.8 Å². The minimum absolute atomic E-state index is 0.0815. The Hall–Kier alpha value is -2.32. The highest BCUT2D eigenvalue weighted by Crippen LogP contribution is 2.22. The third kappa shape index (κ3) is 3.54. The van der Waals surface area contributed by atoms with E-state index in [1.807, 2.05) is 44.1 Å². The molecule has 1 amide bonds. The number of benzene rings is 1. The van der Waals surface area contributed by atoms with Gasteiger partial charge in [0.2, 0.25) is 0 Å². The predicted octanol–water partition coefficient (Wildman–Crippen LogP) is 3.19. The molecule has 0 aliphatic carbocycles. The van der Waals surface area contributed by atoms with Crippen LogP contribution in [0.2, 0.25) is 0 Å². The molecule has 0 bridgehead atoms. The summed E-state index contributed by atoms with van der Waals surface area (Å²) in [6.45, 7) is 1.96. The summed E-state index contributed by atoms with van der Waals surface area (Å²) in [6.07, 6.45) is 1.64. The van der Waals surface area contributed by atoms with Crippen molar-refractivity contribution in [2.24, 2.45) is 0 Å². The number of thiazole rings is 1. The van der Waals surface area contributed by atoms with Gasteiger partial charge in [0.1, 0.15) is 10.6 Å². The Morgan fingerprint density at radius 3 is 2.92 bits per heavy atom. The number of thioether (sulfide) groups is 1. The van der Waals surface area contributed by atoms with Crippen LogP contribution in [0.15, 0.2) is 45.7 Å². The van der Waals surface area contributed by atoms with E-state index in [1.54, 1.807) is 17.6 Å². The number of fused-ring (bicyclic) bond motifs is 1. The summed E-state index contributed by atoms with van der Waals surface area (Å²) in [5, 5.41) is 5.07. The van der Waals surface area contributed by atoms with Gasteiger partial charge >= 0.3 is 0 Å². The number of carbonyl (C=O) groups excluding carboxylic acids is 1. The summed E-state index contributed by atoms with van der Waals surface area (Å²) in [5.74, 6) is 0.287. The van der Waals surface area contributed by atoms with E-state index in [0.717, 1.165) is 11.4 Å². The molecule has 1 N–H and O–H groups in total. The molecular formula is C17H18N4O2S2. The van der Waals surface area contributed by atoms with Gasteiger partial charge in [-0.1, -0.05) is 13.0 Å². The molecule has 0 spiro atoms. The minimum atomic E-state index is -0.440. The number of hydrogen-bond donors (Lipinski definition) is 1. The molecule has 0 fully saturated rings. The van der Waals surface area contributed by atoms with Crippen molar-refractivity contribution < 1.29 is 4.79 Å². The van der Waals surface area contributed by atoms with E-state index < -0.39 is 5.91 Å². The minimum Gasteiger partial charge on any atom is -0.378 e. The number of hydrogen-bond acceptors (Lipinski definition) is 6. The number of nitrogens with zero attached hydrogens (tertiary/aromatic N) is 3. The monoisotopic (exact) mass is 374 g/mol. The first-order valence-electron chi connectivity index (χ1n) is 7.72. The zero-order chi connectivity index (χ0) is 18.0. The van der Waals surface area contributed by atoms with Crippen LogP contribution in [0, 0.1) is 0 Å². The molecule has 3 rings (SSSR count). The lowest BCUT2D eigenvalue weighted by Gasteiger charge is -2.14. The number of amides is 1. The Kier molecular flexibility index (Phi) is 5.10. The summed E-state index contributed by atoms with van der Waals surface area (Å²) in [6, 6.07) is 7.46. The van der Waals surface area contributed by atoms with Crippen LogP contribution in [-0.4, -0.2) is 35.1 Å². The zero-order valence-electron chi connectivity index (χ0n) is 14.1. The number of anilines is 2. The molecule has 25 heavy (non-hydrogen) atoms. The normalized spacial score (nSPS) is 10.8. The molecule has 0 saturated carbocycles. The molecule has 0 aliphatic rings. The largest absolute Gasteiger partial charge is 0.378 e. The molecule has 2 heterocycles. The fourth-order valence-electron chi connectivity index (χ4n) is 2.35. The third-order valence-corrected chi connectivity index (χ3v) is 5.18. The molecule has 6 nitrogen and oxygen atoms in total. The second-order valence-electron chi connectivity index (χ2n) is 5.48. The van der Waals surface area contributed by atoms with Crippen molar-refractivity contribution in [3.8, 4) is 0 Å². The Balaban J connectivity index is 2.01. The maximum absolute atomic E-state index is 12.8. The molecular weight excluding hydrogens is 356 g/mol.